The molecule has 0 aliphatic rings. The third-order valence-corrected chi connectivity index (χ3v) is 3.25. The van der Waals surface area contributed by atoms with E-state index < -0.39 is 0 Å². The van der Waals surface area contributed by atoms with Crippen LogP contribution in [0.5, 0.6) is 0 Å². The highest BCUT2D eigenvalue weighted by atomic mass is 14.0. The topological polar surface area (TPSA) is 0 Å². The first-order valence-electron chi connectivity index (χ1n) is 5.07. The monoisotopic (exact) mass is 180 g/mol. The van der Waals surface area contributed by atoms with E-state index in [0.717, 1.165) is 0 Å². The van der Waals surface area contributed by atoms with Crippen LogP contribution >= 0.6 is 0 Å². The lowest BCUT2D eigenvalue weighted by Crippen LogP contribution is -2.19. The molecule has 0 heterocycles. The summed E-state index contributed by atoms with van der Waals surface area (Å²) < 4.78 is 0. The van der Waals surface area contributed by atoms with E-state index in [9.17, 15) is 0 Å². The predicted octanol–water partition coefficient (Wildman–Crippen LogP) is -0.0266. The summed E-state index contributed by atoms with van der Waals surface area (Å²) in [6.07, 6.45) is 0. The van der Waals surface area contributed by atoms with E-state index in [0.29, 0.717) is 0 Å². The van der Waals surface area contributed by atoms with Gasteiger partial charge in [0.05, 0.1) is 0 Å². The van der Waals surface area contributed by atoms with Crippen LogP contribution in [0.15, 0.2) is 24.3 Å². The van der Waals surface area contributed by atoms with E-state index in [1.807, 2.05) is 0 Å². The van der Waals surface area contributed by atoms with Crippen molar-refractivity contribution in [1.82, 2.24) is 0 Å². The number of hydrogen-bond acceptors (Lipinski definition) is 0. The molecule has 0 atom stereocenters. The third-order valence-electron chi connectivity index (χ3n) is 3.25. The third kappa shape index (κ3) is 1.26. The van der Waals surface area contributed by atoms with Crippen LogP contribution in [0.4, 0.5) is 0 Å². The standard InChI is InChI=1S/C12H14B2/c1-7-3-5-9-6-4-8(2)12(14)10(9)11(7)13/h3-6H,13-14H2,1-2H3. The fraction of sp³-hybridized carbons (Fsp3) is 0.167. The molecule has 0 N–H and O–H groups in total. The van der Waals surface area contributed by atoms with Crippen LogP contribution in [0.1, 0.15) is 11.1 Å². The Bertz CT molecular complexity index is 458. The SMILES string of the molecule is Bc1c(C)ccc2ccc(C)c(B)c12. The lowest BCUT2D eigenvalue weighted by molar-refractivity contribution is 1.52. The van der Waals surface area contributed by atoms with Crippen LogP contribution in [0.25, 0.3) is 10.8 Å². The van der Waals surface area contributed by atoms with Crippen molar-refractivity contribution < 1.29 is 0 Å². The molecule has 0 spiro atoms. The molecule has 14 heavy (non-hydrogen) atoms. The van der Waals surface area contributed by atoms with E-state index in [1.54, 1.807) is 0 Å². The molecule has 0 aromatic heterocycles. The Morgan fingerprint density at radius 3 is 1.64 bits per heavy atom. The van der Waals surface area contributed by atoms with Gasteiger partial charge in [0, 0.05) is 0 Å². The van der Waals surface area contributed by atoms with Gasteiger partial charge >= 0.3 is 0 Å². The molecule has 2 heteroatoms. The average molecular weight is 180 g/mol. The summed E-state index contributed by atoms with van der Waals surface area (Å²) in [5.41, 5.74) is 5.60. The van der Waals surface area contributed by atoms with Crippen molar-refractivity contribution in [2.75, 3.05) is 0 Å². The lowest BCUT2D eigenvalue weighted by atomic mass is 9.77. The zero-order valence-electron chi connectivity index (χ0n) is 9.31. The van der Waals surface area contributed by atoms with Gasteiger partial charge in [0.15, 0.2) is 0 Å². The summed E-state index contributed by atoms with van der Waals surface area (Å²) in [4.78, 5) is 0. The Kier molecular flexibility index (Phi) is 2.14. The Labute approximate surface area is 87.1 Å². The Morgan fingerprint density at radius 1 is 0.786 bits per heavy atom. The molecule has 0 saturated heterocycles. The van der Waals surface area contributed by atoms with E-state index in [4.69, 9.17) is 0 Å². The maximum Gasteiger partial charge on any atom is 0.140 e. The number of benzene rings is 2. The molecular formula is C12H14B2. The van der Waals surface area contributed by atoms with Crippen LogP contribution in [0.3, 0.4) is 0 Å². The summed E-state index contributed by atoms with van der Waals surface area (Å²) in [6, 6.07) is 8.83. The maximum atomic E-state index is 2.21. The zero-order chi connectivity index (χ0) is 10.3. The number of aryl methyl sites for hydroxylation is 2. The van der Waals surface area contributed by atoms with Crippen LogP contribution in [-0.4, -0.2) is 15.7 Å². The smallest absolute Gasteiger partial charge is 0.0790 e. The van der Waals surface area contributed by atoms with Crippen molar-refractivity contribution in [1.29, 1.82) is 0 Å². The maximum absolute atomic E-state index is 2.21. The van der Waals surface area contributed by atoms with Crippen molar-refractivity contribution in [3.63, 3.8) is 0 Å². The fourth-order valence-electron chi connectivity index (χ4n) is 2.01. The first kappa shape index (κ1) is 9.39. The second kappa shape index (κ2) is 3.20. The normalized spacial score (nSPS) is 10.7. The Balaban J connectivity index is 2.98. The van der Waals surface area contributed by atoms with Gasteiger partial charge in [0.2, 0.25) is 0 Å². The van der Waals surface area contributed by atoms with E-state index in [-0.39, 0.29) is 0 Å². The minimum absolute atomic E-state index is 1.36. The minimum Gasteiger partial charge on any atom is -0.0790 e. The van der Waals surface area contributed by atoms with Gasteiger partial charge in [-0.05, 0) is 24.6 Å². The highest BCUT2D eigenvalue weighted by Crippen LogP contribution is 2.12. The second-order valence-corrected chi connectivity index (χ2v) is 4.11. The van der Waals surface area contributed by atoms with Gasteiger partial charge in [-0.15, -0.1) is 0 Å². The molecule has 0 aliphatic carbocycles. The van der Waals surface area contributed by atoms with Gasteiger partial charge in [-0.2, -0.15) is 0 Å². The van der Waals surface area contributed by atoms with Crippen LogP contribution in [0.2, 0.25) is 0 Å². The molecule has 0 aliphatic heterocycles. The number of fused-ring (bicyclic) bond motifs is 1. The van der Waals surface area contributed by atoms with Crippen LogP contribution < -0.4 is 10.9 Å². The molecule has 0 nitrogen and oxygen atoms in total. The van der Waals surface area contributed by atoms with Crippen molar-refractivity contribution in [2.45, 2.75) is 13.8 Å². The highest BCUT2D eigenvalue weighted by Gasteiger charge is 2.04. The molecule has 0 unspecified atom stereocenters. The second-order valence-electron chi connectivity index (χ2n) is 4.11. The Morgan fingerprint density at radius 2 is 1.21 bits per heavy atom. The van der Waals surface area contributed by atoms with Gasteiger partial charge < -0.3 is 0 Å². The van der Waals surface area contributed by atoms with Gasteiger partial charge in [0.25, 0.3) is 0 Å². The summed E-state index contributed by atoms with van der Waals surface area (Å²) in [5.74, 6) is 0. The zero-order valence-corrected chi connectivity index (χ0v) is 9.31. The summed E-state index contributed by atoms with van der Waals surface area (Å²) >= 11 is 0. The van der Waals surface area contributed by atoms with Gasteiger partial charge in [-0.3, -0.25) is 0 Å². The van der Waals surface area contributed by atoms with E-state index in [1.165, 1.54) is 32.8 Å². The van der Waals surface area contributed by atoms with Crippen LogP contribution in [0, 0.1) is 13.8 Å². The van der Waals surface area contributed by atoms with E-state index in [2.05, 4.69) is 53.8 Å². The number of hydrogen-bond donors (Lipinski definition) is 0. The summed E-state index contributed by atoms with van der Waals surface area (Å²) in [6.45, 7) is 4.35. The van der Waals surface area contributed by atoms with Crippen molar-refractivity contribution in [3.8, 4) is 0 Å². The van der Waals surface area contributed by atoms with Crippen molar-refractivity contribution in [3.05, 3.63) is 35.4 Å². The fourth-order valence-corrected chi connectivity index (χ4v) is 2.01. The molecule has 2 aromatic carbocycles. The summed E-state index contributed by atoms with van der Waals surface area (Å²) in [7, 11) is 4.42. The molecule has 2 aromatic rings. The molecular weight excluding hydrogens is 166 g/mol. The van der Waals surface area contributed by atoms with Crippen molar-refractivity contribution in [2.24, 2.45) is 0 Å². The highest BCUT2D eigenvalue weighted by molar-refractivity contribution is 6.48. The molecule has 2 rings (SSSR count). The van der Waals surface area contributed by atoms with Gasteiger partial charge in [-0.25, -0.2) is 0 Å². The molecule has 0 fully saturated rings. The number of rotatable bonds is 0. The van der Waals surface area contributed by atoms with E-state index >= 15 is 0 Å². The first-order valence-corrected chi connectivity index (χ1v) is 5.07. The van der Waals surface area contributed by atoms with Crippen molar-refractivity contribution >= 4 is 37.4 Å². The lowest BCUT2D eigenvalue weighted by Gasteiger charge is -2.11. The first-order chi connectivity index (χ1) is 6.61. The predicted molar refractivity (Wildman–Crippen MR) is 69.8 cm³/mol. The molecule has 0 amide bonds. The average Bonchev–Trinajstić information content (AvgIpc) is 2.17. The molecule has 68 valence electrons. The Hall–Kier alpha value is -1.17. The molecule has 0 saturated carbocycles. The van der Waals surface area contributed by atoms with Gasteiger partial charge in [-0.1, -0.05) is 46.3 Å². The largest absolute Gasteiger partial charge is 0.140 e. The van der Waals surface area contributed by atoms with Crippen LogP contribution in [-0.2, 0) is 0 Å². The quantitative estimate of drug-likeness (QED) is 0.499. The minimum atomic E-state index is 1.36. The summed E-state index contributed by atoms with van der Waals surface area (Å²) in [5, 5.41) is 2.79. The van der Waals surface area contributed by atoms with Gasteiger partial charge in [0.1, 0.15) is 15.7 Å². The molecule has 0 bridgehead atoms. The molecule has 0 radical (unpaired) electrons.